The largest absolute Gasteiger partial charge is 0.370 e. The molecule has 0 saturated carbocycles. The van der Waals surface area contributed by atoms with Gasteiger partial charge in [0.2, 0.25) is 0 Å². The molecule has 1 unspecified atom stereocenters. The van der Waals surface area contributed by atoms with Gasteiger partial charge in [-0.15, -0.1) is 0 Å². The van der Waals surface area contributed by atoms with Crippen LogP contribution in [0.5, 0.6) is 0 Å². The Morgan fingerprint density at radius 3 is 2.74 bits per heavy atom. The summed E-state index contributed by atoms with van der Waals surface area (Å²) in [6, 6.07) is 0. The van der Waals surface area contributed by atoms with Crippen molar-refractivity contribution in [2.45, 2.75) is 64.5 Å². The van der Waals surface area contributed by atoms with Gasteiger partial charge in [-0.05, 0) is 25.7 Å². The molecule has 0 spiro atoms. The summed E-state index contributed by atoms with van der Waals surface area (Å²) in [5.41, 5.74) is 5.60. The molecule has 1 aliphatic rings. The lowest BCUT2D eigenvalue weighted by molar-refractivity contribution is 0.272. The number of allylic oxidation sites excluding steroid dienone is 2. The lowest BCUT2D eigenvalue weighted by Crippen LogP contribution is -2.37. The fourth-order valence-corrected chi connectivity index (χ4v) is 2.43. The van der Waals surface area contributed by atoms with Gasteiger partial charge in [0.15, 0.2) is 0 Å². The zero-order valence-electron chi connectivity index (χ0n) is 12.5. The average molecular weight is 265 g/mol. The van der Waals surface area contributed by atoms with Gasteiger partial charge in [-0.2, -0.15) is 0 Å². The first kappa shape index (κ1) is 16.1. The summed E-state index contributed by atoms with van der Waals surface area (Å²) in [7, 11) is 0. The normalized spacial score (nSPS) is 18.4. The number of nitrogens with one attached hydrogen (secondary N) is 1. The van der Waals surface area contributed by atoms with E-state index in [9.17, 15) is 0 Å². The molecule has 1 heterocycles. The highest BCUT2D eigenvalue weighted by Gasteiger charge is 2.15. The molecular weight excluding hydrogens is 234 g/mol. The second-order valence-corrected chi connectivity index (χ2v) is 5.28. The topological polar surface area (TPSA) is 41.3 Å². The van der Waals surface area contributed by atoms with Crippen molar-refractivity contribution in [3.63, 3.8) is 0 Å². The smallest absolute Gasteiger partial charge is 0.0984 e. The molecule has 0 bridgehead atoms. The third-order valence-electron chi connectivity index (χ3n) is 3.59. The van der Waals surface area contributed by atoms with Crippen molar-refractivity contribution in [1.29, 1.82) is 0 Å². The van der Waals surface area contributed by atoms with Crippen molar-refractivity contribution in [2.24, 2.45) is 5.73 Å². The fourth-order valence-electron chi connectivity index (χ4n) is 2.43. The maximum Gasteiger partial charge on any atom is 0.0984 e. The van der Waals surface area contributed by atoms with Crippen molar-refractivity contribution in [1.82, 2.24) is 10.2 Å². The molecule has 1 aliphatic heterocycles. The van der Waals surface area contributed by atoms with Gasteiger partial charge >= 0.3 is 0 Å². The zero-order valence-corrected chi connectivity index (χ0v) is 12.5. The molecule has 0 aromatic heterocycles. The molecule has 1 rings (SSSR count). The van der Waals surface area contributed by atoms with Gasteiger partial charge in [0.05, 0.1) is 6.17 Å². The zero-order chi connectivity index (χ0) is 13.8. The molecule has 0 saturated heterocycles. The SMILES string of the molecule is CCCCCCC/C=C/CCC1NC=CN1CCN. The Kier molecular flexibility index (Phi) is 9.25. The maximum absolute atomic E-state index is 5.60. The predicted octanol–water partition coefficient (Wildman–Crippen LogP) is 3.34. The van der Waals surface area contributed by atoms with Crippen LogP contribution in [-0.2, 0) is 0 Å². The Morgan fingerprint density at radius 2 is 1.95 bits per heavy atom. The summed E-state index contributed by atoms with van der Waals surface area (Å²) in [6.45, 7) is 3.92. The highest BCUT2D eigenvalue weighted by molar-refractivity contribution is 4.95. The van der Waals surface area contributed by atoms with E-state index < -0.39 is 0 Å². The van der Waals surface area contributed by atoms with E-state index in [1.165, 1.54) is 38.5 Å². The number of rotatable bonds is 11. The highest BCUT2D eigenvalue weighted by Crippen LogP contribution is 2.11. The van der Waals surface area contributed by atoms with Gasteiger partial charge < -0.3 is 16.0 Å². The van der Waals surface area contributed by atoms with Crippen LogP contribution >= 0.6 is 0 Å². The van der Waals surface area contributed by atoms with Crippen LogP contribution in [0.3, 0.4) is 0 Å². The van der Waals surface area contributed by atoms with Crippen LogP contribution in [0.1, 0.15) is 58.3 Å². The van der Waals surface area contributed by atoms with Gasteiger partial charge in [0.1, 0.15) is 0 Å². The van der Waals surface area contributed by atoms with E-state index in [0.717, 1.165) is 25.9 Å². The minimum atomic E-state index is 0.442. The second-order valence-electron chi connectivity index (χ2n) is 5.28. The summed E-state index contributed by atoms with van der Waals surface area (Å²) in [6.07, 6.45) is 19.7. The summed E-state index contributed by atoms with van der Waals surface area (Å²) in [4.78, 5) is 2.29. The quantitative estimate of drug-likeness (QED) is 0.445. The second kappa shape index (κ2) is 10.9. The summed E-state index contributed by atoms with van der Waals surface area (Å²) in [5.74, 6) is 0. The number of unbranched alkanes of at least 4 members (excludes halogenated alkanes) is 5. The van der Waals surface area contributed by atoms with Crippen molar-refractivity contribution in [3.8, 4) is 0 Å². The molecule has 0 aromatic carbocycles. The first-order valence-corrected chi connectivity index (χ1v) is 7.92. The molecule has 0 aromatic rings. The van der Waals surface area contributed by atoms with Gasteiger partial charge in [-0.25, -0.2) is 0 Å². The van der Waals surface area contributed by atoms with Crippen molar-refractivity contribution in [3.05, 3.63) is 24.6 Å². The highest BCUT2D eigenvalue weighted by atomic mass is 15.3. The van der Waals surface area contributed by atoms with E-state index in [1.54, 1.807) is 0 Å². The van der Waals surface area contributed by atoms with Gasteiger partial charge in [0.25, 0.3) is 0 Å². The number of nitrogens with zero attached hydrogens (tertiary/aromatic N) is 1. The van der Waals surface area contributed by atoms with Crippen LogP contribution in [-0.4, -0.2) is 24.2 Å². The Balaban J connectivity index is 1.97. The molecule has 3 heteroatoms. The lowest BCUT2D eigenvalue weighted by atomic mass is 10.1. The van der Waals surface area contributed by atoms with E-state index >= 15 is 0 Å². The Hall–Kier alpha value is -0.960. The molecule has 0 amide bonds. The van der Waals surface area contributed by atoms with Crippen LogP contribution in [0.25, 0.3) is 0 Å². The number of hydrogen-bond acceptors (Lipinski definition) is 3. The maximum atomic E-state index is 5.60. The van der Waals surface area contributed by atoms with Crippen molar-refractivity contribution < 1.29 is 0 Å². The van der Waals surface area contributed by atoms with Gasteiger partial charge in [-0.3, -0.25) is 0 Å². The number of hydrogen-bond donors (Lipinski definition) is 2. The minimum absolute atomic E-state index is 0.442. The average Bonchev–Trinajstić information content (AvgIpc) is 2.85. The molecule has 19 heavy (non-hydrogen) atoms. The van der Waals surface area contributed by atoms with E-state index in [1.807, 2.05) is 6.20 Å². The molecule has 3 nitrogen and oxygen atoms in total. The van der Waals surface area contributed by atoms with Crippen LogP contribution in [0.4, 0.5) is 0 Å². The Labute approximate surface area is 118 Å². The fraction of sp³-hybridized carbons (Fsp3) is 0.750. The summed E-state index contributed by atoms with van der Waals surface area (Å²) in [5, 5.41) is 3.37. The molecule has 0 radical (unpaired) electrons. The monoisotopic (exact) mass is 265 g/mol. The minimum Gasteiger partial charge on any atom is -0.370 e. The van der Waals surface area contributed by atoms with E-state index in [0.29, 0.717) is 6.17 Å². The standard InChI is InChI=1S/C16H31N3/c1-2-3-4-5-6-7-8-9-10-11-16-18-13-15-19(16)14-12-17/h8-9,13,15-16,18H,2-7,10-12,14,17H2,1H3/b9-8+. The van der Waals surface area contributed by atoms with Crippen LogP contribution in [0, 0.1) is 0 Å². The van der Waals surface area contributed by atoms with Crippen LogP contribution < -0.4 is 11.1 Å². The summed E-state index contributed by atoms with van der Waals surface area (Å²) >= 11 is 0. The van der Waals surface area contributed by atoms with Crippen LogP contribution in [0.15, 0.2) is 24.6 Å². The van der Waals surface area contributed by atoms with Gasteiger partial charge in [-0.1, -0.05) is 44.8 Å². The Morgan fingerprint density at radius 1 is 1.16 bits per heavy atom. The predicted molar refractivity (Wildman–Crippen MR) is 83.6 cm³/mol. The van der Waals surface area contributed by atoms with Crippen molar-refractivity contribution >= 4 is 0 Å². The van der Waals surface area contributed by atoms with E-state index in [2.05, 4.69) is 35.5 Å². The summed E-state index contributed by atoms with van der Waals surface area (Å²) < 4.78 is 0. The van der Waals surface area contributed by atoms with Gasteiger partial charge in [0, 0.05) is 25.5 Å². The van der Waals surface area contributed by atoms with Crippen LogP contribution in [0.2, 0.25) is 0 Å². The molecule has 0 fully saturated rings. The Bertz CT molecular complexity index is 261. The third kappa shape index (κ3) is 7.26. The molecular formula is C16H31N3. The van der Waals surface area contributed by atoms with E-state index in [4.69, 9.17) is 5.73 Å². The third-order valence-corrected chi connectivity index (χ3v) is 3.59. The molecule has 110 valence electrons. The molecule has 1 atom stereocenters. The number of nitrogens with two attached hydrogens (primary N) is 1. The molecule has 3 N–H and O–H groups in total. The first-order chi connectivity index (χ1) is 9.38. The van der Waals surface area contributed by atoms with Crippen molar-refractivity contribution in [2.75, 3.05) is 13.1 Å². The van der Waals surface area contributed by atoms with E-state index in [-0.39, 0.29) is 0 Å². The first-order valence-electron chi connectivity index (χ1n) is 7.92. The molecule has 0 aliphatic carbocycles. The lowest BCUT2D eigenvalue weighted by Gasteiger charge is -2.24.